The monoisotopic (exact) mass is 232 g/mol. The molecule has 0 aliphatic heterocycles. The molecule has 0 aliphatic carbocycles. The predicted molar refractivity (Wildman–Crippen MR) is 60.0 cm³/mol. The first-order chi connectivity index (χ1) is 6.30. The van der Waals surface area contributed by atoms with Gasteiger partial charge in [-0.3, -0.25) is 0 Å². The lowest BCUT2D eigenvalue weighted by Crippen LogP contribution is -2.15. The van der Waals surface area contributed by atoms with Gasteiger partial charge in [0.15, 0.2) is 0 Å². The highest BCUT2D eigenvalue weighted by Crippen LogP contribution is 2.25. The summed E-state index contributed by atoms with van der Waals surface area (Å²) in [6, 6.07) is 1.78. The lowest BCUT2D eigenvalue weighted by Gasteiger charge is -2.18. The molecule has 14 heavy (non-hydrogen) atoms. The minimum Gasteiger partial charge on any atom is -0.236 e. The lowest BCUT2D eigenvalue weighted by atomic mass is 9.92. The summed E-state index contributed by atoms with van der Waals surface area (Å²) < 4.78 is 0. The number of hydrogen-bond donors (Lipinski definition) is 0. The average molecular weight is 233 g/mol. The molecule has 0 bridgehead atoms. The second kappa shape index (κ2) is 4.03. The van der Waals surface area contributed by atoms with Crippen molar-refractivity contribution in [3.05, 3.63) is 22.7 Å². The molecule has 0 amide bonds. The van der Waals surface area contributed by atoms with Crippen molar-refractivity contribution in [2.75, 3.05) is 0 Å². The fourth-order valence-corrected chi connectivity index (χ4v) is 1.28. The molecular weight excluding hydrogens is 219 g/mol. The summed E-state index contributed by atoms with van der Waals surface area (Å²) in [5, 5.41) is 0.238. The Morgan fingerprint density at radius 3 is 2.29 bits per heavy atom. The second-order valence-electron chi connectivity index (χ2n) is 4.30. The highest BCUT2D eigenvalue weighted by atomic mass is 35.5. The van der Waals surface area contributed by atoms with E-state index in [1.165, 1.54) is 0 Å². The topological polar surface area (TPSA) is 25.8 Å². The number of alkyl halides is 1. The zero-order chi connectivity index (χ0) is 10.9. The van der Waals surface area contributed by atoms with Crippen molar-refractivity contribution in [1.29, 1.82) is 0 Å². The highest BCUT2D eigenvalue weighted by molar-refractivity contribution is 6.29. The summed E-state index contributed by atoms with van der Waals surface area (Å²) in [5.74, 6) is 0.587. The van der Waals surface area contributed by atoms with Crippen LogP contribution in [0.1, 0.15) is 44.6 Å². The maximum absolute atomic E-state index is 5.91. The Balaban J connectivity index is 3.21. The minimum atomic E-state index is -0.213. The molecule has 4 heteroatoms. The number of halogens is 2. The van der Waals surface area contributed by atoms with Crippen molar-refractivity contribution in [3.63, 3.8) is 0 Å². The van der Waals surface area contributed by atoms with Crippen LogP contribution in [0.3, 0.4) is 0 Å². The SMILES string of the molecule is C[C@@H](Cl)c1nc(Cl)cc(C(C)(C)C)n1. The quantitative estimate of drug-likeness (QED) is 0.545. The minimum absolute atomic E-state index is 0.0346. The van der Waals surface area contributed by atoms with E-state index in [9.17, 15) is 0 Å². The van der Waals surface area contributed by atoms with E-state index in [0.717, 1.165) is 5.69 Å². The van der Waals surface area contributed by atoms with E-state index in [0.29, 0.717) is 11.0 Å². The first-order valence-corrected chi connectivity index (χ1v) is 5.31. The Hall–Kier alpha value is -0.340. The van der Waals surface area contributed by atoms with Crippen LogP contribution in [-0.4, -0.2) is 9.97 Å². The lowest BCUT2D eigenvalue weighted by molar-refractivity contribution is 0.562. The molecule has 0 fully saturated rings. The summed E-state index contributed by atoms with van der Waals surface area (Å²) in [7, 11) is 0. The van der Waals surface area contributed by atoms with Crippen LogP contribution in [0.5, 0.6) is 0 Å². The Morgan fingerprint density at radius 1 is 1.29 bits per heavy atom. The third kappa shape index (κ3) is 2.82. The molecule has 1 aromatic rings. The van der Waals surface area contributed by atoms with Crippen LogP contribution >= 0.6 is 23.2 Å². The van der Waals surface area contributed by atoms with Crippen LogP contribution in [0, 0.1) is 0 Å². The van der Waals surface area contributed by atoms with E-state index in [4.69, 9.17) is 23.2 Å². The third-order valence-corrected chi connectivity index (χ3v) is 2.23. The molecule has 0 radical (unpaired) electrons. The molecule has 1 aromatic heterocycles. The smallest absolute Gasteiger partial charge is 0.147 e. The summed E-state index contributed by atoms with van der Waals surface area (Å²) in [6.07, 6.45) is 0. The van der Waals surface area contributed by atoms with Gasteiger partial charge in [-0.25, -0.2) is 9.97 Å². The van der Waals surface area contributed by atoms with Crippen LogP contribution in [0.15, 0.2) is 6.07 Å². The maximum atomic E-state index is 5.91. The van der Waals surface area contributed by atoms with Crippen molar-refractivity contribution in [2.24, 2.45) is 0 Å². The van der Waals surface area contributed by atoms with Gasteiger partial charge in [0.2, 0.25) is 0 Å². The van der Waals surface area contributed by atoms with Crippen LogP contribution < -0.4 is 0 Å². The second-order valence-corrected chi connectivity index (χ2v) is 5.34. The van der Waals surface area contributed by atoms with Gasteiger partial charge in [-0.05, 0) is 13.0 Å². The normalized spacial score (nSPS) is 14.1. The largest absolute Gasteiger partial charge is 0.236 e. The summed E-state index contributed by atoms with van der Waals surface area (Å²) >= 11 is 11.8. The van der Waals surface area contributed by atoms with Crippen molar-refractivity contribution in [2.45, 2.75) is 38.5 Å². The van der Waals surface area contributed by atoms with Gasteiger partial charge in [-0.1, -0.05) is 32.4 Å². The molecule has 1 atom stereocenters. The molecule has 0 spiro atoms. The van der Waals surface area contributed by atoms with Gasteiger partial charge in [-0.15, -0.1) is 11.6 Å². The third-order valence-electron chi connectivity index (χ3n) is 1.84. The molecule has 0 saturated heterocycles. The van der Waals surface area contributed by atoms with Gasteiger partial charge in [0, 0.05) is 5.41 Å². The Bertz CT molecular complexity index is 329. The van der Waals surface area contributed by atoms with Gasteiger partial charge in [-0.2, -0.15) is 0 Å². The summed E-state index contributed by atoms with van der Waals surface area (Å²) in [4.78, 5) is 8.45. The maximum Gasteiger partial charge on any atom is 0.147 e. The molecular formula is C10H14Cl2N2. The Labute approximate surface area is 94.7 Å². The fraction of sp³-hybridized carbons (Fsp3) is 0.600. The highest BCUT2D eigenvalue weighted by Gasteiger charge is 2.18. The van der Waals surface area contributed by atoms with Gasteiger partial charge >= 0.3 is 0 Å². The van der Waals surface area contributed by atoms with Gasteiger partial charge < -0.3 is 0 Å². The molecule has 0 aromatic carbocycles. The average Bonchev–Trinajstić information content (AvgIpc) is 2.01. The van der Waals surface area contributed by atoms with Crippen LogP contribution in [0.2, 0.25) is 5.15 Å². The van der Waals surface area contributed by atoms with E-state index in [1.807, 2.05) is 6.92 Å². The number of rotatable bonds is 1. The number of hydrogen-bond acceptors (Lipinski definition) is 2. The molecule has 1 heterocycles. The Kier molecular flexibility index (Phi) is 3.38. The molecule has 0 aliphatic rings. The molecule has 0 saturated carbocycles. The molecule has 1 rings (SSSR count). The first kappa shape index (κ1) is 11.7. The fourth-order valence-electron chi connectivity index (χ4n) is 0.997. The van der Waals surface area contributed by atoms with Crippen molar-refractivity contribution >= 4 is 23.2 Å². The first-order valence-electron chi connectivity index (χ1n) is 4.50. The molecule has 2 nitrogen and oxygen atoms in total. The molecule has 0 unspecified atom stereocenters. The van der Waals surface area contributed by atoms with E-state index in [1.54, 1.807) is 6.07 Å². The predicted octanol–water partition coefficient (Wildman–Crippen LogP) is 3.73. The van der Waals surface area contributed by atoms with E-state index < -0.39 is 0 Å². The van der Waals surface area contributed by atoms with Gasteiger partial charge in [0.1, 0.15) is 11.0 Å². The van der Waals surface area contributed by atoms with Crippen LogP contribution in [0.25, 0.3) is 0 Å². The standard InChI is InChI=1S/C10H14Cl2N2/c1-6(11)9-13-7(10(2,3)4)5-8(12)14-9/h5-6H,1-4H3/t6-/m1/s1. The summed E-state index contributed by atoms with van der Waals surface area (Å²) in [6.45, 7) is 8.07. The van der Waals surface area contributed by atoms with E-state index >= 15 is 0 Å². The molecule has 0 N–H and O–H groups in total. The number of aromatic nitrogens is 2. The van der Waals surface area contributed by atoms with Crippen LogP contribution in [0.4, 0.5) is 0 Å². The van der Waals surface area contributed by atoms with Crippen molar-refractivity contribution in [3.8, 4) is 0 Å². The van der Waals surface area contributed by atoms with Crippen molar-refractivity contribution in [1.82, 2.24) is 9.97 Å². The number of nitrogens with zero attached hydrogens (tertiary/aromatic N) is 2. The van der Waals surface area contributed by atoms with Crippen molar-refractivity contribution < 1.29 is 0 Å². The van der Waals surface area contributed by atoms with E-state index in [2.05, 4.69) is 30.7 Å². The zero-order valence-electron chi connectivity index (χ0n) is 8.81. The molecule has 78 valence electrons. The Morgan fingerprint density at radius 2 is 1.86 bits per heavy atom. The van der Waals surface area contributed by atoms with E-state index in [-0.39, 0.29) is 10.8 Å². The zero-order valence-corrected chi connectivity index (χ0v) is 10.3. The van der Waals surface area contributed by atoms with Crippen LogP contribution in [-0.2, 0) is 5.41 Å². The van der Waals surface area contributed by atoms with Gasteiger partial charge in [0.25, 0.3) is 0 Å². The summed E-state index contributed by atoms with van der Waals surface area (Å²) in [5.41, 5.74) is 0.882. The van der Waals surface area contributed by atoms with Gasteiger partial charge in [0.05, 0.1) is 11.1 Å².